The van der Waals surface area contributed by atoms with Crippen LogP contribution in [0.3, 0.4) is 0 Å². The van der Waals surface area contributed by atoms with Crippen molar-refractivity contribution in [3.63, 3.8) is 0 Å². The summed E-state index contributed by atoms with van der Waals surface area (Å²) in [6.07, 6.45) is 1.59. The molecule has 2 heterocycles. The Morgan fingerprint density at radius 2 is 1.71 bits per heavy atom. The zero-order valence-corrected chi connectivity index (χ0v) is 20.0. The van der Waals surface area contributed by atoms with E-state index < -0.39 is 15.9 Å². The standard InChI is InChI=1S/C24H24N4O6S/c1-16-9-10-25-22(13-16)26-23(29)15-28(2)24(30)17-3-5-18(6-4-17)27-35(31,32)19-7-8-20-21(14-19)34-12-11-33-20/h3-10,13-14,27H,11-12,15H2,1-2H3,(H,25,26,29). The van der Waals surface area contributed by atoms with Crippen molar-refractivity contribution in [2.24, 2.45) is 0 Å². The number of benzene rings is 2. The first-order valence-corrected chi connectivity index (χ1v) is 12.2. The lowest BCUT2D eigenvalue weighted by atomic mass is 10.2. The van der Waals surface area contributed by atoms with E-state index in [1.165, 1.54) is 48.3 Å². The van der Waals surface area contributed by atoms with Gasteiger partial charge >= 0.3 is 0 Å². The van der Waals surface area contributed by atoms with E-state index in [4.69, 9.17) is 9.47 Å². The molecule has 0 spiro atoms. The summed E-state index contributed by atoms with van der Waals surface area (Å²) in [6.45, 7) is 2.46. The van der Waals surface area contributed by atoms with E-state index >= 15 is 0 Å². The fraction of sp³-hybridized carbons (Fsp3) is 0.208. The van der Waals surface area contributed by atoms with Crippen LogP contribution in [0.2, 0.25) is 0 Å². The van der Waals surface area contributed by atoms with Crippen molar-refractivity contribution in [2.45, 2.75) is 11.8 Å². The number of hydrogen-bond acceptors (Lipinski definition) is 7. The molecule has 0 aliphatic carbocycles. The largest absolute Gasteiger partial charge is 0.486 e. The van der Waals surface area contributed by atoms with Gasteiger partial charge < -0.3 is 19.7 Å². The summed E-state index contributed by atoms with van der Waals surface area (Å²) in [6, 6.07) is 13.9. The normalized spacial score (nSPS) is 12.5. The Balaban J connectivity index is 1.38. The third-order valence-electron chi connectivity index (χ3n) is 5.12. The lowest BCUT2D eigenvalue weighted by Crippen LogP contribution is -2.35. The number of aromatic nitrogens is 1. The van der Waals surface area contributed by atoms with Crippen molar-refractivity contribution in [3.8, 4) is 11.5 Å². The molecule has 0 saturated carbocycles. The molecule has 182 valence electrons. The van der Waals surface area contributed by atoms with Gasteiger partial charge in [-0.25, -0.2) is 13.4 Å². The van der Waals surface area contributed by atoms with Gasteiger partial charge in [0.25, 0.3) is 15.9 Å². The Labute approximate surface area is 202 Å². The van der Waals surface area contributed by atoms with Crippen molar-refractivity contribution in [3.05, 3.63) is 71.9 Å². The average Bonchev–Trinajstić information content (AvgIpc) is 2.83. The minimum absolute atomic E-state index is 0.0238. The number of fused-ring (bicyclic) bond motifs is 1. The van der Waals surface area contributed by atoms with E-state index in [0.29, 0.717) is 36.1 Å². The second-order valence-corrected chi connectivity index (χ2v) is 9.60. The van der Waals surface area contributed by atoms with Crippen LogP contribution in [0.1, 0.15) is 15.9 Å². The van der Waals surface area contributed by atoms with Crippen LogP contribution in [0.25, 0.3) is 0 Å². The van der Waals surface area contributed by atoms with Crippen LogP contribution in [0.15, 0.2) is 65.7 Å². The van der Waals surface area contributed by atoms with Gasteiger partial charge in [0, 0.05) is 30.6 Å². The molecule has 0 radical (unpaired) electrons. The minimum atomic E-state index is -3.88. The van der Waals surface area contributed by atoms with Gasteiger partial charge in [-0.2, -0.15) is 0 Å². The summed E-state index contributed by atoms with van der Waals surface area (Å²) in [5.41, 5.74) is 1.53. The number of nitrogens with one attached hydrogen (secondary N) is 2. The molecule has 10 nitrogen and oxygen atoms in total. The fourth-order valence-electron chi connectivity index (χ4n) is 3.38. The Hall–Kier alpha value is -4.12. The molecule has 3 aromatic rings. The first kappa shape index (κ1) is 24.0. The van der Waals surface area contributed by atoms with Crippen molar-refractivity contribution < 1.29 is 27.5 Å². The third-order valence-corrected chi connectivity index (χ3v) is 6.50. The monoisotopic (exact) mass is 496 g/mol. The summed E-state index contributed by atoms with van der Waals surface area (Å²) in [5, 5.41) is 2.65. The summed E-state index contributed by atoms with van der Waals surface area (Å²) < 4.78 is 38.9. The van der Waals surface area contributed by atoms with E-state index in [2.05, 4.69) is 15.0 Å². The number of nitrogens with zero attached hydrogens (tertiary/aromatic N) is 2. The number of ether oxygens (including phenoxy) is 2. The van der Waals surface area contributed by atoms with Crippen LogP contribution >= 0.6 is 0 Å². The van der Waals surface area contributed by atoms with E-state index in [9.17, 15) is 18.0 Å². The molecule has 1 aliphatic heterocycles. The molecule has 0 bridgehead atoms. The summed E-state index contributed by atoms with van der Waals surface area (Å²) in [7, 11) is -2.38. The molecule has 1 aromatic heterocycles. The molecule has 0 saturated heterocycles. The van der Waals surface area contributed by atoms with Crippen LogP contribution in [0.4, 0.5) is 11.5 Å². The van der Waals surface area contributed by atoms with E-state index in [1.807, 2.05) is 13.0 Å². The quantitative estimate of drug-likeness (QED) is 0.515. The highest BCUT2D eigenvalue weighted by molar-refractivity contribution is 7.92. The van der Waals surface area contributed by atoms with Gasteiger partial charge in [0.2, 0.25) is 5.91 Å². The summed E-state index contributed by atoms with van der Waals surface area (Å²) in [5.74, 6) is 0.489. The van der Waals surface area contributed by atoms with E-state index in [-0.39, 0.29) is 23.0 Å². The molecule has 1 aliphatic rings. The molecule has 2 N–H and O–H groups in total. The van der Waals surface area contributed by atoms with Crippen LogP contribution < -0.4 is 19.5 Å². The molecule has 4 rings (SSSR count). The van der Waals surface area contributed by atoms with Crippen molar-refractivity contribution in [1.82, 2.24) is 9.88 Å². The molecular weight excluding hydrogens is 472 g/mol. The van der Waals surface area contributed by atoms with Crippen LogP contribution in [-0.2, 0) is 14.8 Å². The molecule has 0 atom stereocenters. The van der Waals surface area contributed by atoms with Crippen molar-refractivity contribution in [2.75, 3.05) is 36.8 Å². The molecule has 0 fully saturated rings. The maximum atomic E-state index is 12.8. The van der Waals surface area contributed by atoms with Crippen molar-refractivity contribution >= 4 is 33.3 Å². The highest BCUT2D eigenvalue weighted by atomic mass is 32.2. The number of hydrogen-bond donors (Lipinski definition) is 2. The van der Waals surface area contributed by atoms with Gasteiger partial charge in [-0.15, -0.1) is 0 Å². The highest BCUT2D eigenvalue weighted by Crippen LogP contribution is 2.32. The molecule has 35 heavy (non-hydrogen) atoms. The number of amides is 2. The summed E-state index contributed by atoms with van der Waals surface area (Å²) >= 11 is 0. The Morgan fingerprint density at radius 1 is 1.00 bits per heavy atom. The number of carbonyl (C=O) groups is 2. The lowest BCUT2D eigenvalue weighted by molar-refractivity contribution is -0.116. The Kier molecular flexibility index (Phi) is 6.87. The SMILES string of the molecule is Cc1ccnc(NC(=O)CN(C)C(=O)c2ccc(NS(=O)(=O)c3ccc4c(c3)OCCO4)cc2)c1. The van der Waals surface area contributed by atoms with Gasteiger partial charge in [0.05, 0.1) is 11.4 Å². The Bertz CT molecular complexity index is 1360. The van der Waals surface area contributed by atoms with Crippen LogP contribution in [0.5, 0.6) is 11.5 Å². The van der Waals surface area contributed by atoms with Gasteiger partial charge in [-0.3, -0.25) is 14.3 Å². The number of rotatable bonds is 7. The second kappa shape index (κ2) is 10.0. The number of anilines is 2. The fourth-order valence-corrected chi connectivity index (χ4v) is 4.45. The molecule has 2 aromatic carbocycles. The van der Waals surface area contributed by atoms with Gasteiger partial charge in [-0.05, 0) is 61.0 Å². The third kappa shape index (κ3) is 5.87. The van der Waals surface area contributed by atoms with Gasteiger partial charge in [0.1, 0.15) is 19.0 Å². The van der Waals surface area contributed by atoms with Crippen LogP contribution in [0, 0.1) is 6.92 Å². The zero-order valence-electron chi connectivity index (χ0n) is 19.1. The lowest BCUT2D eigenvalue weighted by Gasteiger charge is -2.19. The molecule has 2 amide bonds. The minimum Gasteiger partial charge on any atom is -0.486 e. The highest BCUT2D eigenvalue weighted by Gasteiger charge is 2.20. The predicted molar refractivity (Wildman–Crippen MR) is 129 cm³/mol. The first-order valence-electron chi connectivity index (χ1n) is 10.7. The van der Waals surface area contributed by atoms with Gasteiger partial charge in [0.15, 0.2) is 11.5 Å². The molecule has 11 heteroatoms. The number of carbonyl (C=O) groups excluding carboxylic acids is 2. The number of sulfonamides is 1. The first-order chi connectivity index (χ1) is 16.7. The van der Waals surface area contributed by atoms with Crippen molar-refractivity contribution in [1.29, 1.82) is 0 Å². The molecule has 0 unspecified atom stereocenters. The van der Waals surface area contributed by atoms with E-state index in [1.54, 1.807) is 18.3 Å². The summed E-state index contributed by atoms with van der Waals surface area (Å²) in [4.78, 5) is 30.3. The van der Waals surface area contributed by atoms with E-state index in [0.717, 1.165) is 5.56 Å². The maximum Gasteiger partial charge on any atom is 0.262 e. The van der Waals surface area contributed by atoms with Gasteiger partial charge in [-0.1, -0.05) is 0 Å². The van der Waals surface area contributed by atoms with Crippen LogP contribution in [-0.4, -0.2) is 56.9 Å². The maximum absolute atomic E-state index is 12.8. The zero-order chi connectivity index (χ0) is 25.0. The smallest absolute Gasteiger partial charge is 0.262 e. The Morgan fingerprint density at radius 3 is 2.43 bits per heavy atom. The second-order valence-electron chi connectivity index (χ2n) is 7.92. The average molecular weight is 497 g/mol. The number of likely N-dealkylation sites (N-methyl/N-ethyl adjacent to an activating group) is 1. The predicted octanol–water partition coefficient (Wildman–Crippen LogP) is 2.67. The number of aryl methyl sites for hydroxylation is 1. The molecular formula is C24H24N4O6S. The number of pyridine rings is 1. The topological polar surface area (TPSA) is 127 Å².